The van der Waals surface area contributed by atoms with Gasteiger partial charge in [0, 0.05) is 19.4 Å². The van der Waals surface area contributed by atoms with Gasteiger partial charge in [-0.1, -0.05) is 0 Å². The lowest BCUT2D eigenvalue weighted by molar-refractivity contribution is -0.180. The van der Waals surface area contributed by atoms with Crippen LogP contribution in [-0.2, 0) is 23.9 Å². The maximum Gasteiger partial charge on any atom is 0.336 e. The van der Waals surface area contributed by atoms with Crippen LogP contribution in [0.2, 0.25) is 0 Å². The largest absolute Gasteiger partial charge is 0.426 e. The molecule has 0 amide bonds. The van der Waals surface area contributed by atoms with Crippen LogP contribution in [0.5, 0.6) is 0 Å². The summed E-state index contributed by atoms with van der Waals surface area (Å²) in [4.78, 5) is 32.4. The number of hydrogen-bond donors (Lipinski definition) is 0. The first-order valence-corrected chi connectivity index (χ1v) is 4.40. The van der Waals surface area contributed by atoms with Gasteiger partial charge in [-0.15, -0.1) is 0 Å². The number of allylic oxidation sites excluding steroid dienone is 1. The summed E-state index contributed by atoms with van der Waals surface area (Å²) in [5.74, 6) is -1.47. The molecule has 0 aliphatic heterocycles. The van der Waals surface area contributed by atoms with Gasteiger partial charge >= 0.3 is 11.9 Å². The molecule has 1 atom stereocenters. The van der Waals surface area contributed by atoms with Gasteiger partial charge in [-0.25, -0.2) is 4.79 Å². The predicted octanol–water partition coefficient (Wildman–Crippen LogP) is 0.974. The van der Waals surface area contributed by atoms with Gasteiger partial charge in [-0.05, 0) is 19.9 Å². The fraction of sp³-hybridized carbons (Fsp3) is 0.500. The third-order valence-corrected chi connectivity index (χ3v) is 1.35. The molecule has 0 heterocycles. The number of rotatable bonds is 4. The number of hydrogen-bond acceptors (Lipinski definition) is 5. The molecule has 0 aliphatic carbocycles. The molecule has 0 saturated carbocycles. The molecule has 84 valence electrons. The fourth-order valence-electron chi connectivity index (χ4n) is 0.865. The van der Waals surface area contributed by atoms with Gasteiger partial charge in [0.1, 0.15) is 0 Å². The van der Waals surface area contributed by atoms with Crippen molar-refractivity contribution >= 4 is 17.7 Å². The lowest BCUT2D eigenvalue weighted by atomic mass is 10.2. The molecule has 0 spiro atoms. The monoisotopic (exact) mass is 214 g/mol. The van der Waals surface area contributed by atoms with E-state index in [1.54, 1.807) is 0 Å². The van der Waals surface area contributed by atoms with E-state index in [4.69, 9.17) is 4.74 Å². The SMILES string of the molecule is CC(=O)/C=C(\C)C(=O)OC(C)OC(C)=O. The Kier molecular flexibility index (Phi) is 5.30. The van der Waals surface area contributed by atoms with Crippen molar-refractivity contribution < 1.29 is 23.9 Å². The first kappa shape index (κ1) is 13.4. The molecule has 5 nitrogen and oxygen atoms in total. The van der Waals surface area contributed by atoms with Crippen LogP contribution in [0.25, 0.3) is 0 Å². The standard InChI is InChI=1S/C10H14O5/c1-6(5-7(2)11)10(13)15-9(4)14-8(3)12/h5,9H,1-4H3/b6-5+. The maximum absolute atomic E-state index is 11.2. The molecule has 0 radical (unpaired) electrons. The molecule has 0 aromatic rings. The van der Waals surface area contributed by atoms with Crippen LogP contribution in [0.3, 0.4) is 0 Å². The maximum atomic E-state index is 11.2. The lowest BCUT2D eigenvalue weighted by Crippen LogP contribution is -2.21. The minimum Gasteiger partial charge on any atom is -0.426 e. The second-order valence-electron chi connectivity index (χ2n) is 3.02. The van der Waals surface area contributed by atoms with Gasteiger partial charge in [0.05, 0.1) is 0 Å². The van der Waals surface area contributed by atoms with Gasteiger partial charge in [0.15, 0.2) is 5.78 Å². The second kappa shape index (κ2) is 5.95. The Bertz CT molecular complexity index is 303. The quantitative estimate of drug-likeness (QED) is 0.396. The number of carbonyl (C=O) groups is 3. The summed E-state index contributed by atoms with van der Waals surface area (Å²) in [6.45, 7) is 5.40. The Balaban J connectivity index is 4.25. The highest BCUT2D eigenvalue weighted by atomic mass is 16.7. The number of ketones is 1. The zero-order valence-corrected chi connectivity index (χ0v) is 9.20. The fourth-order valence-corrected chi connectivity index (χ4v) is 0.865. The molecule has 0 aliphatic rings. The highest BCUT2D eigenvalue weighted by molar-refractivity contribution is 5.97. The van der Waals surface area contributed by atoms with Gasteiger partial charge in [-0.2, -0.15) is 0 Å². The Hall–Kier alpha value is -1.65. The van der Waals surface area contributed by atoms with E-state index in [1.165, 1.54) is 27.7 Å². The van der Waals surface area contributed by atoms with Crippen molar-refractivity contribution in [1.29, 1.82) is 0 Å². The average Bonchev–Trinajstić information content (AvgIpc) is 2.00. The summed E-state index contributed by atoms with van der Waals surface area (Å²) in [5.41, 5.74) is 0.168. The Labute approximate surface area is 88.0 Å². The molecule has 0 aromatic carbocycles. The molecular weight excluding hydrogens is 200 g/mol. The molecule has 1 unspecified atom stereocenters. The molecule has 5 heteroatoms. The predicted molar refractivity (Wildman–Crippen MR) is 51.8 cm³/mol. The minimum absolute atomic E-state index is 0.168. The Morgan fingerprint density at radius 1 is 1.07 bits per heavy atom. The molecule has 0 bridgehead atoms. The summed E-state index contributed by atoms with van der Waals surface area (Å²) in [6, 6.07) is 0. The Morgan fingerprint density at radius 2 is 1.60 bits per heavy atom. The molecule has 0 fully saturated rings. The average molecular weight is 214 g/mol. The highest BCUT2D eigenvalue weighted by Crippen LogP contribution is 2.02. The van der Waals surface area contributed by atoms with Crippen LogP contribution in [-0.4, -0.2) is 24.0 Å². The highest BCUT2D eigenvalue weighted by Gasteiger charge is 2.13. The summed E-state index contributed by atoms with van der Waals surface area (Å²) in [5, 5.41) is 0. The minimum atomic E-state index is -0.953. The molecule has 0 N–H and O–H groups in total. The summed E-state index contributed by atoms with van der Waals surface area (Å²) >= 11 is 0. The number of esters is 2. The first-order chi connectivity index (χ1) is 6.82. The molecular formula is C10H14O5. The van der Waals surface area contributed by atoms with Crippen molar-refractivity contribution in [2.24, 2.45) is 0 Å². The van der Waals surface area contributed by atoms with E-state index in [0.29, 0.717) is 0 Å². The van der Waals surface area contributed by atoms with E-state index in [1.807, 2.05) is 0 Å². The molecule has 0 aromatic heterocycles. The van der Waals surface area contributed by atoms with Crippen LogP contribution in [0.15, 0.2) is 11.6 Å². The molecule has 15 heavy (non-hydrogen) atoms. The number of carbonyl (C=O) groups excluding carboxylic acids is 3. The third kappa shape index (κ3) is 6.42. The van der Waals surface area contributed by atoms with E-state index in [9.17, 15) is 14.4 Å². The van der Waals surface area contributed by atoms with E-state index < -0.39 is 18.2 Å². The third-order valence-electron chi connectivity index (χ3n) is 1.35. The van der Waals surface area contributed by atoms with Crippen molar-refractivity contribution in [2.75, 3.05) is 0 Å². The smallest absolute Gasteiger partial charge is 0.336 e. The van der Waals surface area contributed by atoms with Gasteiger partial charge in [-0.3, -0.25) is 9.59 Å². The van der Waals surface area contributed by atoms with Crippen molar-refractivity contribution in [3.05, 3.63) is 11.6 Å². The van der Waals surface area contributed by atoms with Crippen LogP contribution >= 0.6 is 0 Å². The van der Waals surface area contributed by atoms with Gasteiger partial charge < -0.3 is 9.47 Å². The summed E-state index contributed by atoms with van der Waals surface area (Å²) in [6.07, 6.45) is 0.202. The summed E-state index contributed by atoms with van der Waals surface area (Å²) < 4.78 is 9.30. The second-order valence-corrected chi connectivity index (χ2v) is 3.02. The van der Waals surface area contributed by atoms with Gasteiger partial charge in [0.25, 0.3) is 0 Å². The molecule has 0 saturated heterocycles. The lowest BCUT2D eigenvalue weighted by Gasteiger charge is -2.12. The van der Waals surface area contributed by atoms with E-state index in [2.05, 4.69) is 4.74 Å². The Morgan fingerprint density at radius 3 is 2.00 bits per heavy atom. The van der Waals surface area contributed by atoms with Crippen LogP contribution < -0.4 is 0 Å². The van der Waals surface area contributed by atoms with Gasteiger partial charge in [0.2, 0.25) is 6.29 Å². The van der Waals surface area contributed by atoms with Crippen molar-refractivity contribution in [3.8, 4) is 0 Å². The number of ether oxygens (including phenoxy) is 2. The van der Waals surface area contributed by atoms with Crippen LogP contribution in [0, 0.1) is 0 Å². The van der Waals surface area contributed by atoms with Crippen molar-refractivity contribution in [1.82, 2.24) is 0 Å². The van der Waals surface area contributed by atoms with Crippen molar-refractivity contribution in [2.45, 2.75) is 34.0 Å². The van der Waals surface area contributed by atoms with E-state index in [0.717, 1.165) is 6.08 Å². The first-order valence-electron chi connectivity index (χ1n) is 4.40. The van der Waals surface area contributed by atoms with Crippen LogP contribution in [0.1, 0.15) is 27.7 Å². The van der Waals surface area contributed by atoms with E-state index >= 15 is 0 Å². The van der Waals surface area contributed by atoms with Crippen molar-refractivity contribution in [3.63, 3.8) is 0 Å². The van der Waals surface area contributed by atoms with Crippen LogP contribution in [0.4, 0.5) is 0 Å². The normalized spacial score (nSPS) is 12.9. The topological polar surface area (TPSA) is 69.7 Å². The zero-order chi connectivity index (χ0) is 12.0. The molecule has 0 rings (SSSR count). The van der Waals surface area contributed by atoms with E-state index in [-0.39, 0.29) is 11.4 Å². The zero-order valence-electron chi connectivity index (χ0n) is 9.20. The summed E-state index contributed by atoms with van der Waals surface area (Å²) in [7, 11) is 0.